The van der Waals surface area contributed by atoms with Crippen molar-refractivity contribution >= 4 is 6.29 Å². The van der Waals surface area contributed by atoms with Gasteiger partial charge in [0, 0.05) is 44.5 Å². The van der Waals surface area contributed by atoms with Gasteiger partial charge in [0.25, 0.3) is 0 Å². The highest BCUT2D eigenvalue weighted by Crippen LogP contribution is 2.42. The van der Waals surface area contributed by atoms with Crippen LogP contribution in [-0.2, 0) is 22.5 Å². The summed E-state index contributed by atoms with van der Waals surface area (Å²) in [5, 5.41) is 0. The van der Waals surface area contributed by atoms with Crippen molar-refractivity contribution in [2.45, 2.75) is 110 Å². The van der Waals surface area contributed by atoms with Gasteiger partial charge in [-0.2, -0.15) is 0 Å². The summed E-state index contributed by atoms with van der Waals surface area (Å²) in [6.07, 6.45) is 11.6. The van der Waals surface area contributed by atoms with Crippen LogP contribution in [0.2, 0.25) is 0 Å². The Morgan fingerprint density at radius 1 is 1.07 bits per heavy atom. The van der Waals surface area contributed by atoms with Crippen LogP contribution in [0.5, 0.6) is 11.5 Å². The number of carbonyl (C=O) groups is 1. The van der Waals surface area contributed by atoms with E-state index in [1.54, 1.807) is 16.7 Å². The van der Waals surface area contributed by atoms with Gasteiger partial charge >= 0.3 is 0 Å². The zero-order valence-electron chi connectivity index (χ0n) is 28.2. The molecule has 0 aliphatic carbocycles. The molecule has 2 aliphatic rings. The molecule has 1 aromatic heterocycles. The monoisotopic (exact) mass is 611 g/mol. The summed E-state index contributed by atoms with van der Waals surface area (Å²) in [7, 11) is 2.19. The Kier molecular flexibility index (Phi) is 14.9. The minimum absolute atomic E-state index is 0.0159. The number of rotatable bonds is 16. The molecule has 1 aromatic carbocycles. The van der Waals surface area contributed by atoms with Crippen LogP contribution in [0.3, 0.4) is 0 Å². The topological polar surface area (TPSA) is 73.2 Å². The molecule has 0 spiro atoms. The average Bonchev–Trinajstić information content (AvgIpc) is 3.64. The van der Waals surface area contributed by atoms with Crippen LogP contribution in [0, 0.1) is 0 Å². The van der Waals surface area contributed by atoms with Crippen LogP contribution in [0.15, 0.2) is 41.3 Å². The Morgan fingerprint density at radius 3 is 2.55 bits per heavy atom. The van der Waals surface area contributed by atoms with Gasteiger partial charge in [0.2, 0.25) is 12.4 Å². The van der Waals surface area contributed by atoms with Crippen molar-refractivity contribution < 1.29 is 19.0 Å². The van der Waals surface area contributed by atoms with Crippen LogP contribution in [-0.4, -0.2) is 78.9 Å². The predicted octanol–water partition coefficient (Wildman–Crippen LogP) is 6.29. The molecule has 44 heavy (non-hydrogen) atoms. The molecule has 0 bridgehead atoms. The number of hydrogen-bond acceptors (Lipinski definition) is 7. The number of unbranched alkanes of at least 4 members (excludes halogenated alkanes) is 2. The summed E-state index contributed by atoms with van der Waals surface area (Å²) in [4.78, 5) is 27.9. The lowest BCUT2D eigenvalue weighted by molar-refractivity contribution is -0.109. The number of fused-ring (bicyclic) bond motifs is 1. The fourth-order valence-corrected chi connectivity index (χ4v) is 5.93. The Hall–Kier alpha value is -2.68. The number of hydrogen-bond donors (Lipinski definition) is 0. The average molecular weight is 612 g/mol. The maximum absolute atomic E-state index is 12.0. The van der Waals surface area contributed by atoms with Gasteiger partial charge in [-0.3, -0.25) is 9.69 Å². The van der Waals surface area contributed by atoms with E-state index in [1.165, 1.54) is 30.5 Å². The molecule has 246 valence electrons. The summed E-state index contributed by atoms with van der Waals surface area (Å²) in [6.45, 7) is 16.2. The number of aldehydes is 1. The van der Waals surface area contributed by atoms with E-state index < -0.39 is 0 Å². The molecule has 3 heterocycles. The van der Waals surface area contributed by atoms with Crippen molar-refractivity contribution in [3.63, 3.8) is 0 Å². The lowest BCUT2D eigenvalue weighted by atomic mass is 9.92. The third kappa shape index (κ3) is 11.7. The van der Waals surface area contributed by atoms with Gasteiger partial charge in [-0.15, -0.1) is 0 Å². The van der Waals surface area contributed by atoms with E-state index in [2.05, 4.69) is 63.6 Å². The van der Waals surface area contributed by atoms with Gasteiger partial charge in [0.05, 0.1) is 12.1 Å². The van der Waals surface area contributed by atoms with Gasteiger partial charge in [-0.05, 0) is 102 Å². The highest BCUT2D eigenvalue weighted by atomic mass is 16.7. The standard InChI is InChI=1S/C24H30N2O4.C12H27NO/c1-2-3-6-18-13-19(15-22-24(18)30-17-29-22)20-14-21(26(16-20)11-12-27)8-10-25-9-5-4-7-23(25)28;1-6-7-9-13(5)10-8-11-14-12(2,3)4/h4-5,7,9,12-13,15,20-21H,2-3,6,8,10-11,14,16-17H2,1H3;6-11H2,1-5H3. The Balaban J connectivity index is 0.000000321. The lowest BCUT2D eigenvalue weighted by Crippen LogP contribution is -2.33. The van der Waals surface area contributed by atoms with E-state index in [1.807, 2.05) is 12.3 Å². The van der Waals surface area contributed by atoms with Crippen LogP contribution >= 0.6 is 0 Å². The molecule has 4 rings (SSSR count). The van der Waals surface area contributed by atoms with Crippen molar-refractivity contribution in [2.24, 2.45) is 0 Å². The third-order valence-electron chi connectivity index (χ3n) is 8.39. The third-order valence-corrected chi connectivity index (χ3v) is 8.39. The molecule has 2 unspecified atom stereocenters. The van der Waals surface area contributed by atoms with E-state index in [9.17, 15) is 9.59 Å². The summed E-state index contributed by atoms with van der Waals surface area (Å²) >= 11 is 0. The largest absolute Gasteiger partial charge is 0.454 e. The second-order valence-electron chi connectivity index (χ2n) is 13.2. The number of ether oxygens (including phenoxy) is 3. The number of nitrogens with zero attached hydrogens (tertiary/aromatic N) is 3. The molecular weight excluding hydrogens is 554 g/mol. The Bertz CT molecular complexity index is 1190. The zero-order valence-corrected chi connectivity index (χ0v) is 28.2. The van der Waals surface area contributed by atoms with Gasteiger partial charge in [-0.1, -0.05) is 38.8 Å². The van der Waals surface area contributed by atoms with Crippen LogP contribution in [0.1, 0.15) is 96.6 Å². The van der Waals surface area contributed by atoms with E-state index >= 15 is 0 Å². The van der Waals surface area contributed by atoms with E-state index in [0.29, 0.717) is 19.0 Å². The van der Waals surface area contributed by atoms with Crippen LogP contribution in [0.25, 0.3) is 0 Å². The first-order chi connectivity index (χ1) is 21.1. The minimum Gasteiger partial charge on any atom is -0.454 e. The van der Waals surface area contributed by atoms with Gasteiger partial charge < -0.3 is 28.5 Å². The van der Waals surface area contributed by atoms with Crippen molar-refractivity contribution in [3.8, 4) is 11.5 Å². The summed E-state index contributed by atoms with van der Waals surface area (Å²) in [5.41, 5.74) is 2.52. The summed E-state index contributed by atoms with van der Waals surface area (Å²) < 4.78 is 18.8. The molecule has 2 atom stereocenters. The first-order valence-electron chi connectivity index (χ1n) is 16.7. The number of aryl methyl sites for hydroxylation is 2. The first kappa shape index (κ1) is 35.8. The number of likely N-dealkylation sites (tertiary alicyclic amines) is 1. The van der Waals surface area contributed by atoms with Crippen molar-refractivity contribution in [3.05, 3.63) is 58.0 Å². The first-order valence-corrected chi connectivity index (χ1v) is 16.7. The Labute approximate surface area is 265 Å². The van der Waals surface area contributed by atoms with Crippen LogP contribution in [0.4, 0.5) is 0 Å². The van der Waals surface area contributed by atoms with E-state index in [4.69, 9.17) is 14.2 Å². The molecule has 8 nitrogen and oxygen atoms in total. The molecule has 0 saturated carbocycles. The van der Waals surface area contributed by atoms with Crippen LogP contribution < -0.4 is 15.0 Å². The second kappa shape index (κ2) is 18.3. The lowest BCUT2D eigenvalue weighted by Gasteiger charge is -2.22. The fraction of sp³-hybridized carbons (Fsp3) is 0.667. The fourth-order valence-electron chi connectivity index (χ4n) is 5.93. The molecule has 1 saturated heterocycles. The van der Waals surface area contributed by atoms with Gasteiger partial charge in [-0.25, -0.2) is 0 Å². The second-order valence-corrected chi connectivity index (χ2v) is 13.2. The van der Waals surface area contributed by atoms with Crippen molar-refractivity contribution in [1.82, 2.24) is 14.4 Å². The highest BCUT2D eigenvalue weighted by Gasteiger charge is 2.33. The Morgan fingerprint density at radius 2 is 1.84 bits per heavy atom. The van der Waals surface area contributed by atoms with Gasteiger partial charge in [0.1, 0.15) is 6.29 Å². The highest BCUT2D eigenvalue weighted by molar-refractivity contribution is 5.53. The maximum atomic E-state index is 12.0. The van der Waals surface area contributed by atoms with E-state index in [-0.39, 0.29) is 24.0 Å². The smallest absolute Gasteiger partial charge is 0.250 e. The normalized spacial score (nSPS) is 18.0. The quantitative estimate of drug-likeness (QED) is 0.163. The summed E-state index contributed by atoms with van der Waals surface area (Å²) in [5.74, 6) is 2.09. The molecule has 8 heteroatoms. The SMILES string of the molecule is CCCCN(C)CCCOC(C)(C)C.CCCCc1cc(C2CC(CCn3ccccc3=O)N(CC=O)C2)cc2c1OCO2. The molecule has 2 aliphatic heterocycles. The number of carbonyl (C=O) groups excluding carboxylic acids is 1. The molecule has 2 aromatic rings. The van der Waals surface area contributed by atoms with Gasteiger partial charge in [0.15, 0.2) is 11.5 Å². The molecule has 0 N–H and O–H groups in total. The zero-order chi connectivity index (χ0) is 32.0. The molecule has 1 fully saturated rings. The predicted molar refractivity (Wildman–Crippen MR) is 178 cm³/mol. The number of benzene rings is 1. The van der Waals surface area contributed by atoms with Crippen molar-refractivity contribution in [2.75, 3.05) is 46.6 Å². The van der Waals surface area contributed by atoms with E-state index in [0.717, 1.165) is 76.0 Å². The number of aromatic nitrogens is 1. The number of pyridine rings is 1. The maximum Gasteiger partial charge on any atom is 0.250 e. The molecule has 0 amide bonds. The summed E-state index contributed by atoms with van der Waals surface area (Å²) in [6, 6.07) is 9.90. The minimum atomic E-state index is 0.0159. The molecular formula is C36H57N3O5. The molecule has 0 radical (unpaired) electrons. The van der Waals surface area contributed by atoms with Crippen molar-refractivity contribution in [1.29, 1.82) is 0 Å².